The molecule has 68 valence electrons. The zero-order chi connectivity index (χ0) is 9.19. The molecule has 2 heteroatoms. The Kier molecular flexibility index (Phi) is 2.76. The van der Waals surface area contributed by atoms with Crippen LogP contribution in [0.2, 0.25) is 0 Å². The van der Waals surface area contributed by atoms with E-state index in [1.807, 2.05) is 0 Å². The van der Waals surface area contributed by atoms with Crippen LogP contribution in [0.15, 0.2) is 0 Å². The monoisotopic (exact) mass is 167 g/mol. The van der Waals surface area contributed by atoms with Crippen molar-refractivity contribution in [1.82, 2.24) is 4.90 Å². The molecule has 0 spiro atoms. The molecule has 0 bridgehead atoms. The second-order valence-electron chi connectivity index (χ2n) is 4.06. The summed E-state index contributed by atoms with van der Waals surface area (Å²) >= 11 is 0. The smallest absolute Gasteiger partial charge is 0.0757 e. The number of rotatable bonds is 1. The lowest BCUT2D eigenvalue weighted by atomic mass is 10.1. The summed E-state index contributed by atoms with van der Waals surface area (Å²) in [4.78, 5) is 2.26. The van der Waals surface area contributed by atoms with Gasteiger partial charge >= 0.3 is 0 Å². The molecule has 1 rings (SSSR count). The fourth-order valence-corrected chi connectivity index (χ4v) is 1.84. The Balaban J connectivity index is 2.53. The molecule has 1 aliphatic heterocycles. The topological polar surface area (TPSA) is 12.5 Å². The molecule has 0 amide bonds. The molecule has 1 heterocycles. The Morgan fingerprint density at radius 2 is 2.33 bits per heavy atom. The number of hydrogen-bond acceptors (Lipinski definition) is 2. The van der Waals surface area contributed by atoms with Crippen molar-refractivity contribution in [1.29, 1.82) is 0 Å². The van der Waals surface area contributed by atoms with E-state index < -0.39 is 0 Å². The van der Waals surface area contributed by atoms with Crippen LogP contribution >= 0.6 is 0 Å². The molecule has 0 radical (unpaired) electrons. The minimum Gasteiger partial charge on any atom is -0.370 e. The van der Waals surface area contributed by atoms with Crippen molar-refractivity contribution in [3.8, 4) is 12.3 Å². The molecule has 1 atom stereocenters. The van der Waals surface area contributed by atoms with Gasteiger partial charge in [-0.05, 0) is 20.8 Å². The predicted octanol–water partition coefficient (Wildman–Crippen LogP) is 1.12. The van der Waals surface area contributed by atoms with E-state index in [9.17, 15) is 0 Å². The standard InChI is InChI=1S/C10H17NO/c1-5-6-11-7-9(2)12-10(3,4)8-11/h1,9H,6-8H2,2-4H3. The van der Waals surface area contributed by atoms with E-state index in [1.54, 1.807) is 0 Å². The summed E-state index contributed by atoms with van der Waals surface area (Å²) in [6.45, 7) is 8.91. The van der Waals surface area contributed by atoms with Crippen molar-refractivity contribution >= 4 is 0 Å². The van der Waals surface area contributed by atoms with Gasteiger partial charge in [-0.25, -0.2) is 0 Å². The second kappa shape index (κ2) is 3.47. The molecule has 0 N–H and O–H groups in total. The van der Waals surface area contributed by atoms with E-state index in [-0.39, 0.29) is 5.60 Å². The Bertz CT molecular complexity index is 193. The molecule has 0 aliphatic carbocycles. The first-order valence-electron chi connectivity index (χ1n) is 4.37. The van der Waals surface area contributed by atoms with E-state index in [1.165, 1.54) is 0 Å². The van der Waals surface area contributed by atoms with E-state index in [0.717, 1.165) is 19.6 Å². The van der Waals surface area contributed by atoms with Gasteiger partial charge in [-0.3, -0.25) is 4.90 Å². The van der Waals surface area contributed by atoms with Crippen LogP contribution < -0.4 is 0 Å². The normalized spacial score (nSPS) is 29.7. The summed E-state index contributed by atoms with van der Waals surface area (Å²) in [5, 5.41) is 0. The van der Waals surface area contributed by atoms with Crippen LogP contribution in [0.25, 0.3) is 0 Å². The Morgan fingerprint density at radius 3 is 2.83 bits per heavy atom. The van der Waals surface area contributed by atoms with Crippen molar-refractivity contribution in [3.05, 3.63) is 0 Å². The SMILES string of the molecule is C#CCN1CC(C)OC(C)(C)C1. The van der Waals surface area contributed by atoms with Gasteiger partial charge in [0.1, 0.15) is 0 Å². The lowest BCUT2D eigenvalue weighted by molar-refractivity contribution is -0.125. The quantitative estimate of drug-likeness (QED) is 0.543. The number of ether oxygens (including phenoxy) is 1. The van der Waals surface area contributed by atoms with Gasteiger partial charge in [-0.2, -0.15) is 0 Å². The van der Waals surface area contributed by atoms with Gasteiger partial charge in [0.25, 0.3) is 0 Å². The van der Waals surface area contributed by atoms with Gasteiger partial charge in [-0.15, -0.1) is 6.42 Å². The zero-order valence-corrected chi connectivity index (χ0v) is 8.13. The Labute approximate surface area is 74.9 Å². The molecular formula is C10H17NO. The first-order valence-corrected chi connectivity index (χ1v) is 4.37. The van der Waals surface area contributed by atoms with Crippen molar-refractivity contribution in [3.63, 3.8) is 0 Å². The molecule has 0 aromatic heterocycles. The number of terminal acetylenes is 1. The highest BCUT2D eigenvalue weighted by atomic mass is 16.5. The van der Waals surface area contributed by atoms with Crippen LogP contribution in [-0.4, -0.2) is 36.2 Å². The maximum Gasteiger partial charge on any atom is 0.0757 e. The van der Waals surface area contributed by atoms with Crippen molar-refractivity contribution < 1.29 is 4.74 Å². The van der Waals surface area contributed by atoms with Crippen molar-refractivity contribution in [2.75, 3.05) is 19.6 Å². The molecule has 1 unspecified atom stereocenters. The Morgan fingerprint density at radius 1 is 1.67 bits per heavy atom. The van der Waals surface area contributed by atoms with E-state index >= 15 is 0 Å². The number of hydrogen-bond donors (Lipinski definition) is 0. The fourth-order valence-electron chi connectivity index (χ4n) is 1.84. The predicted molar refractivity (Wildman–Crippen MR) is 49.9 cm³/mol. The molecule has 1 aliphatic rings. The fraction of sp³-hybridized carbons (Fsp3) is 0.800. The lowest BCUT2D eigenvalue weighted by Crippen LogP contribution is -2.51. The highest BCUT2D eigenvalue weighted by Crippen LogP contribution is 2.19. The van der Waals surface area contributed by atoms with Gasteiger partial charge in [-0.1, -0.05) is 5.92 Å². The van der Waals surface area contributed by atoms with Gasteiger partial charge in [0.2, 0.25) is 0 Å². The first kappa shape index (κ1) is 9.57. The first-order chi connectivity index (χ1) is 5.53. The van der Waals surface area contributed by atoms with Crippen LogP contribution in [-0.2, 0) is 4.74 Å². The van der Waals surface area contributed by atoms with Crippen molar-refractivity contribution in [2.24, 2.45) is 0 Å². The highest BCUT2D eigenvalue weighted by Gasteiger charge is 2.30. The maximum atomic E-state index is 5.74. The molecule has 12 heavy (non-hydrogen) atoms. The average Bonchev–Trinajstić information content (AvgIpc) is 1.82. The summed E-state index contributed by atoms with van der Waals surface area (Å²) in [5.41, 5.74) is -0.0471. The summed E-state index contributed by atoms with van der Waals surface area (Å²) in [6.07, 6.45) is 5.55. The molecule has 0 saturated carbocycles. The molecule has 1 fully saturated rings. The van der Waals surface area contributed by atoms with Crippen LogP contribution in [0.1, 0.15) is 20.8 Å². The van der Waals surface area contributed by atoms with Gasteiger partial charge < -0.3 is 4.74 Å². The second-order valence-corrected chi connectivity index (χ2v) is 4.06. The number of morpholine rings is 1. The molecule has 1 saturated heterocycles. The minimum absolute atomic E-state index is 0.0471. The third-order valence-electron chi connectivity index (χ3n) is 1.95. The third-order valence-corrected chi connectivity index (χ3v) is 1.95. The van der Waals surface area contributed by atoms with Gasteiger partial charge in [0, 0.05) is 13.1 Å². The van der Waals surface area contributed by atoms with Crippen molar-refractivity contribution in [2.45, 2.75) is 32.5 Å². The molecule has 2 nitrogen and oxygen atoms in total. The maximum absolute atomic E-state index is 5.74. The minimum atomic E-state index is -0.0471. The number of nitrogens with zero attached hydrogens (tertiary/aromatic N) is 1. The summed E-state index contributed by atoms with van der Waals surface area (Å²) in [7, 11) is 0. The molecular weight excluding hydrogens is 150 g/mol. The van der Waals surface area contributed by atoms with Crippen LogP contribution in [0.3, 0.4) is 0 Å². The largest absolute Gasteiger partial charge is 0.370 e. The molecule has 0 aromatic rings. The summed E-state index contributed by atoms with van der Waals surface area (Å²) in [6, 6.07) is 0. The molecule has 0 aromatic carbocycles. The average molecular weight is 167 g/mol. The van der Waals surface area contributed by atoms with E-state index in [4.69, 9.17) is 11.2 Å². The van der Waals surface area contributed by atoms with Crippen LogP contribution in [0.4, 0.5) is 0 Å². The Hall–Kier alpha value is -0.520. The van der Waals surface area contributed by atoms with Crippen LogP contribution in [0, 0.1) is 12.3 Å². The highest BCUT2D eigenvalue weighted by molar-refractivity contribution is 4.92. The third kappa shape index (κ3) is 2.51. The van der Waals surface area contributed by atoms with E-state index in [0.29, 0.717) is 6.10 Å². The van der Waals surface area contributed by atoms with Gasteiger partial charge in [0.15, 0.2) is 0 Å². The lowest BCUT2D eigenvalue weighted by Gasteiger charge is -2.40. The zero-order valence-electron chi connectivity index (χ0n) is 8.13. The van der Waals surface area contributed by atoms with Gasteiger partial charge in [0.05, 0.1) is 18.2 Å². The van der Waals surface area contributed by atoms with Crippen LogP contribution in [0.5, 0.6) is 0 Å². The van der Waals surface area contributed by atoms with E-state index in [2.05, 4.69) is 31.6 Å². The summed E-state index contributed by atoms with van der Waals surface area (Å²) < 4.78 is 5.74. The summed E-state index contributed by atoms with van der Waals surface area (Å²) in [5.74, 6) is 2.67.